The molecule has 3 atom stereocenters. The van der Waals surface area contributed by atoms with Gasteiger partial charge in [-0.25, -0.2) is 0 Å². The summed E-state index contributed by atoms with van der Waals surface area (Å²) in [5.74, 6) is -1.32. The number of para-hydroxylation sites is 1. The van der Waals surface area contributed by atoms with Gasteiger partial charge in [-0.2, -0.15) is 0 Å². The molecule has 0 spiro atoms. The summed E-state index contributed by atoms with van der Waals surface area (Å²) in [6.45, 7) is 2.76. The lowest BCUT2D eigenvalue weighted by molar-refractivity contribution is -0.140. The molecule has 1 aliphatic rings. The Labute approximate surface area is 228 Å². The number of carbonyl (C=O) groups excluding carboxylic acids is 2. The van der Waals surface area contributed by atoms with Crippen LogP contribution in [0.3, 0.4) is 0 Å². The minimum absolute atomic E-state index is 0.0590. The fraction of sp³-hybridized carbons (Fsp3) is 0.400. The Balaban J connectivity index is 1.38. The number of nitrogens with zero attached hydrogens (tertiary/aromatic N) is 4. The van der Waals surface area contributed by atoms with Crippen molar-refractivity contribution in [3.05, 3.63) is 89.8 Å². The second kappa shape index (κ2) is 12.8. The number of carbonyl (C=O) groups is 2. The van der Waals surface area contributed by atoms with Crippen molar-refractivity contribution in [1.82, 2.24) is 15.0 Å². The summed E-state index contributed by atoms with van der Waals surface area (Å²) in [6.07, 6.45) is 7.80. The number of rotatable bonds is 13. The molecule has 2 aromatic carbocycles. The predicted molar refractivity (Wildman–Crippen MR) is 147 cm³/mol. The van der Waals surface area contributed by atoms with Crippen LogP contribution in [0.4, 0.5) is 5.69 Å². The van der Waals surface area contributed by atoms with Crippen LogP contribution >= 0.6 is 0 Å². The van der Waals surface area contributed by atoms with E-state index < -0.39 is 11.5 Å². The van der Waals surface area contributed by atoms with Gasteiger partial charge < -0.3 is 19.8 Å². The second-order valence-electron chi connectivity index (χ2n) is 9.83. The Bertz CT molecular complexity index is 1290. The highest BCUT2D eigenvalue weighted by atomic mass is 16.5. The van der Waals surface area contributed by atoms with Crippen molar-refractivity contribution < 1.29 is 24.5 Å². The third kappa shape index (κ3) is 6.10. The van der Waals surface area contributed by atoms with Gasteiger partial charge in [-0.05, 0) is 30.9 Å². The number of aliphatic hydroxyl groups is 2. The number of amides is 1. The van der Waals surface area contributed by atoms with Crippen LogP contribution in [0, 0.1) is 5.92 Å². The van der Waals surface area contributed by atoms with Gasteiger partial charge in [0, 0.05) is 37.2 Å². The average Bonchev–Trinajstić information content (AvgIpc) is 3.51. The van der Waals surface area contributed by atoms with E-state index in [2.05, 4.69) is 15.0 Å². The quantitative estimate of drug-likeness (QED) is 0.196. The fourth-order valence-corrected chi connectivity index (χ4v) is 5.05. The molecule has 3 aromatic rings. The van der Waals surface area contributed by atoms with Gasteiger partial charge in [0.15, 0.2) is 5.60 Å². The van der Waals surface area contributed by atoms with E-state index in [1.54, 1.807) is 15.6 Å². The van der Waals surface area contributed by atoms with E-state index in [4.69, 9.17) is 0 Å². The molecule has 2 heterocycles. The zero-order valence-electron chi connectivity index (χ0n) is 22.4. The van der Waals surface area contributed by atoms with Gasteiger partial charge in [-0.3, -0.25) is 14.3 Å². The van der Waals surface area contributed by atoms with E-state index in [-0.39, 0.29) is 24.4 Å². The number of methoxy groups -OCH3 is 1. The molecule has 9 heteroatoms. The number of fused-ring (bicyclic) bond motifs is 1. The first-order valence-electron chi connectivity index (χ1n) is 13.3. The number of anilines is 1. The molecule has 4 rings (SSSR count). The zero-order chi connectivity index (χ0) is 27.8. The number of ether oxygens (including phenoxy) is 1. The first-order valence-corrected chi connectivity index (χ1v) is 13.3. The summed E-state index contributed by atoms with van der Waals surface area (Å²) in [7, 11) is 1.36. The van der Waals surface area contributed by atoms with Crippen LogP contribution in [0.15, 0.2) is 72.9 Å². The lowest BCUT2D eigenvalue weighted by Gasteiger charge is -2.27. The van der Waals surface area contributed by atoms with Crippen LogP contribution in [0.25, 0.3) is 0 Å². The molecule has 2 N–H and O–H groups in total. The molecule has 1 aromatic heterocycles. The molecule has 9 nitrogen and oxygen atoms in total. The molecule has 0 saturated heterocycles. The van der Waals surface area contributed by atoms with Gasteiger partial charge in [-0.1, -0.05) is 72.8 Å². The normalized spacial score (nSPS) is 18.4. The summed E-state index contributed by atoms with van der Waals surface area (Å²) < 4.78 is 6.42. The Morgan fingerprint density at radius 2 is 1.85 bits per heavy atom. The van der Waals surface area contributed by atoms with Crippen molar-refractivity contribution in [2.24, 2.45) is 5.92 Å². The van der Waals surface area contributed by atoms with Gasteiger partial charge in [0.05, 0.1) is 31.0 Å². The van der Waals surface area contributed by atoms with Gasteiger partial charge >= 0.3 is 5.97 Å². The van der Waals surface area contributed by atoms with Crippen LogP contribution in [0.2, 0.25) is 0 Å². The molecular weight excluding hydrogens is 496 g/mol. The third-order valence-electron chi connectivity index (χ3n) is 7.32. The van der Waals surface area contributed by atoms with Gasteiger partial charge in [0.1, 0.15) is 0 Å². The largest absolute Gasteiger partial charge is 0.469 e. The Hall–Kier alpha value is -3.82. The highest BCUT2D eigenvalue weighted by Crippen LogP contribution is 2.45. The predicted octanol–water partition coefficient (Wildman–Crippen LogP) is 3.56. The minimum atomic E-state index is -1.67. The fourth-order valence-electron chi connectivity index (χ4n) is 5.05. The van der Waals surface area contributed by atoms with Crippen LogP contribution in [-0.4, -0.2) is 57.3 Å². The number of aryl methyl sites for hydroxylation is 1. The van der Waals surface area contributed by atoms with Crippen molar-refractivity contribution in [3.8, 4) is 0 Å². The zero-order valence-corrected chi connectivity index (χ0v) is 22.4. The van der Waals surface area contributed by atoms with Crippen LogP contribution < -0.4 is 4.90 Å². The Morgan fingerprint density at radius 1 is 1.10 bits per heavy atom. The van der Waals surface area contributed by atoms with Crippen molar-refractivity contribution in [1.29, 1.82) is 0 Å². The van der Waals surface area contributed by atoms with Gasteiger partial charge in [0.2, 0.25) is 0 Å². The number of hydrogen-bond donors (Lipinski definition) is 2. The third-order valence-corrected chi connectivity index (χ3v) is 7.32. The SMILES string of the molecule is COC(=O)CCCCN1C(=O)[C@](O)([C@H](C)/C=C/CCn2cc(C(CO)c3ccccc3)nn2)c2ccccc21. The standard InChI is InChI=1S/C30H36N4O5/c1-22(12-8-10-18-33-20-26(31-32-33)24(21-35)23-13-4-3-5-14-23)30(38)25-15-6-7-16-27(25)34(29(30)37)19-11-9-17-28(36)39-2/h3-8,12-16,20,22,24,35,38H,9-11,17-19,21H2,1-2H3/b12-8+/t22-,24?,30+/m1/s1. The molecular formula is C30H36N4O5. The molecule has 1 unspecified atom stereocenters. The van der Waals surface area contributed by atoms with Gasteiger partial charge in [0.25, 0.3) is 5.91 Å². The summed E-state index contributed by atoms with van der Waals surface area (Å²) in [6, 6.07) is 17.0. The maximum atomic E-state index is 13.5. The monoisotopic (exact) mass is 532 g/mol. The molecule has 206 valence electrons. The molecule has 0 fully saturated rings. The smallest absolute Gasteiger partial charge is 0.305 e. The molecule has 0 saturated carbocycles. The number of aliphatic hydroxyl groups excluding tert-OH is 1. The second-order valence-corrected chi connectivity index (χ2v) is 9.83. The summed E-state index contributed by atoms with van der Waals surface area (Å²) in [4.78, 5) is 26.5. The molecule has 0 aliphatic carbocycles. The number of esters is 1. The van der Waals surface area contributed by atoms with E-state index in [9.17, 15) is 19.8 Å². The molecule has 39 heavy (non-hydrogen) atoms. The van der Waals surface area contributed by atoms with E-state index in [0.29, 0.717) is 55.7 Å². The van der Waals surface area contributed by atoms with Crippen LogP contribution in [-0.2, 0) is 26.5 Å². The van der Waals surface area contributed by atoms with Crippen LogP contribution in [0.5, 0.6) is 0 Å². The van der Waals surface area contributed by atoms with Crippen molar-refractivity contribution in [2.45, 2.75) is 50.7 Å². The van der Waals surface area contributed by atoms with E-state index in [0.717, 1.165) is 5.56 Å². The first-order chi connectivity index (χ1) is 18.9. The molecule has 1 amide bonds. The van der Waals surface area contributed by atoms with Crippen molar-refractivity contribution >= 4 is 17.6 Å². The molecule has 1 aliphatic heterocycles. The van der Waals surface area contributed by atoms with E-state index in [1.807, 2.05) is 73.8 Å². The summed E-state index contributed by atoms with van der Waals surface area (Å²) >= 11 is 0. The number of benzene rings is 2. The Kier molecular flexibility index (Phi) is 9.27. The molecule has 0 radical (unpaired) electrons. The maximum absolute atomic E-state index is 13.5. The van der Waals surface area contributed by atoms with Crippen molar-refractivity contribution in [2.75, 3.05) is 25.2 Å². The maximum Gasteiger partial charge on any atom is 0.305 e. The Morgan fingerprint density at radius 3 is 2.59 bits per heavy atom. The number of allylic oxidation sites excluding steroid dienone is 1. The van der Waals surface area contributed by atoms with Crippen molar-refractivity contribution in [3.63, 3.8) is 0 Å². The highest BCUT2D eigenvalue weighted by Gasteiger charge is 2.52. The lowest BCUT2D eigenvalue weighted by atomic mass is 9.83. The van der Waals surface area contributed by atoms with E-state index >= 15 is 0 Å². The summed E-state index contributed by atoms with van der Waals surface area (Å²) in [5, 5.41) is 30.0. The summed E-state index contributed by atoms with van der Waals surface area (Å²) in [5.41, 5.74) is 1.32. The number of aromatic nitrogens is 3. The number of hydrogen-bond acceptors (Lipinski definition) is 7. The van der Waals surface area contributed by atoms with Gasteiger partial charge in [-0.15, -0.1) is 5.10 Å². The van der Waals surface area contributed by atoms with E-state index in [1.165, 1.54) is 7.11 Å². The average molecular weight is 533 g/mol. The molecule has 0 bridgehead atoms. The minimum Gasteiger partial charge on any atom is -0.469 e. The first kappa shape index (κ1) is 28.2. The topological polar surface area (TPSA) is 118 Å². The lowest BCUT2D eigenvalue weighted by Crippen LogP contribution is -2.44. The highest BCUT2D eigenvalue weighted by molar-refractivity contribution is 6.07. The van der Waals surface area contributed by atoms with Crippen LogP contribution in [0.1, 0.15) is 55.3 Å². The number of unbranched alkanes of at least 4 members (excludes halogenated alkanes) is 1.